The van der Waals surface area contributed by atoms with E-state index in [0.29, 0.717) is 5.56 Å². The lowest BCUT2D eigenvalue weighted by Gasteiger charge is -2.38. The Kier molecular flexibility index (Phi) is 4.87. The molecule has 21 heavy (non-hydrogen) atoms. The standard InChI is InChI=1S/C14H17FN2O4/c1-17-11(19)8-21-13(14(20)16-6-7-18)12(17)9-2-4-10(15)5-3-9/h2-5,12-13,18H,6-8H2,1H3,(H,16,20)/t12-,13+/m1/s1. The quantitative estimate of drug-likeness (QED) is 0.809. The normalized spacial score (nSPS) is 22.2. The molecule has 0 bridgehead atoms. The van der Waals surface area contributed by atoms with Gasteiger partial charge in [-0.25, -0.2) is 4.39 Å². The van der Waals surface area contributed by atoms with Crippen LogP contribution in [0.4, 0.5) is 4.39 Å². The summed E-state index contributed by atoms with van der Waals surface area (Å²) in [6, 6.07) is 4.94. The van der Waals surface area contributed by atoms with Crippen molar-refractivity contribution in [3.63, 3.8) is 0 Å². The minimum absolute atomic E-state index is 0.104. The molecule has 1 fully saturated rings. The van der Waals surface area contributed by atoms with Crippen LogP contribution in [0.2, 0.25) is 0 Å². The van der Waals surface area contributed by atoms with E-state index in [-0.39, 0.29) is 25.7 Å². The first kappa shape index (κ1) is 15.4. The number of benzene rings is 1. The van der Waals surface area contributed by atoms with Crippen molar-refractivity contribution in [1.29, 1.82) is 0 Å². The van der Waals surface area contributed by atoms with E-state index in [2.05, 4.69) is 5.32 Å². The van der Waals surface area contributed by atoms with Gasteiger partial charge in [-0.15, -0.1) is 0 Å². The number of morpholine rings is 1. The number of likely N-dealkylation sites (N-methyl/N-ethyl adjacent to an activating group) is 1. The van der Waals surface area contributed by atoms with Crippen molar-refractivity contribution in [1.82, 2.24) is 10.2 Å². The van der Waals surface area contributed by atoms with Crippen LogP contribution in [0.5, 0.6) is 0 Å². The molecule has 0 aliphatic carbocycles. The van der Waals surface area contributed by atoms with Crippen LogP contribution >= 0.6 is 0 Å². The fraction of sp³-hybridized carbons (Fsp3) is 0.429. The molecule has 2 rings (SSSR count). The zero-order valence-electron chi connectivity index (χ0n) is 11.6. The number of aliphatic hydroxyl groups is 1. The van der Waals surface area contributed by atoms with Gasteiger partial charge in [-0.3, -0.25) is 9.59 Å². The molecule has 6 nitrogen and oxygen atoms in total. The van der Waals surface area contributed by atoms with Gasteiger partial charge in [-0.2, -0.15) is 0 Å². The van der Waals surface area contributed by atoms with E-state index in [9.17, 15) is 14.0 Å². The molecule has 1 aromatic rings. The number of carbonyl (C=O) groups is 2. The molecule has 1 aromatic carbocycles. The predicted octanol–water partition coefficient (Wildman–Crippen LogP) is -0.167. The molecule has 1 heterocycles. The van der Waals surface area contributed by atoms with Crippen molar-refractivity contribution in [3.8, 4) is 0 Å². The third kappa shape index (κ3) is 3.37. The lowest BCUT2D eigenvalue weighted by molar-refractivity contribution is -0.162. The lowest BCUT2D eigenvalue weighted by atomic mass is 9.97. The van der Waals surface area contributed by atoms with Crippen LogP contribution in [0, 0.1) is 5.82 Å². The molecular weight excluding hydrogens is 279 g/mol. The maximum Gasteiger partial charge on any atom is 0.251 e. The summed E-state index contributed by atoms with van der Waals surface area (Å²) in [6.07, 6.45) is -0.898. The van der Waals surface area contributed by atoms with Gasteiger partial charge in [0.1, 0.15) is 12.4 Å². The fourth-order valence-corrected chi connectivity index (χ4v) is 2.27. The van der Waals surface area contributed by atoms with Crippen LogP contribution < -0.4 is 5.32 Å². The van der Waals surface area contributed by atoms with E-state index >= 15 is 0 Å². The second-order valence-corrected chi connectivity index (χ2v) is 4.75. The maximum absolute atomic E-state index is 13.0. The van der Waals surface area contributed by atoms with E-state index < -0.39 is 23.9 Å². The van der Waals surface area contributed by atoms with Crippen LogP contribution in [0.1, 0.15) is 11.6 Å². The highest BCUT2D eigenvalue weighted by molar-refractivity contribution is 5.86. The van der Waals surface area contributed by atoms with Crippen molar-refractivity contribution in [2.75, 3.05) is 26.8 Å². The Morgan fingerprint density at radius 2 is 2.14 bits per heavy atom. The smallest absolute Gasteiger partial charge is 0.251 e. The van der Waals surface area contributed by atoms with Crippen molar-refractivity contribution in [2.45, 2.75) is 12.1 Å². The Morgan fingerprint density at radius 1 is 1.48 bits per heavy atom. The summed E-state index contributed by atoms with van der Waals surface area (Å²) in [4.78, 5) is 25.3. The minimum atomic E-state index is -0.898. The van der Waals surface area contributed by atoms with Gasteiger partial charge in [0.25, 0.3) is 5.91 Å². The van der Waals surface area contributed by atoms with Gasteiger partial charge in [0.05, 0.1) is 12.6 Å². The number of hydrogen-bond donors (Lipinski definition) is 2. The zero-order valence-corrected chi connectivity index (χ0v) is 11.6. The summed E-state index contributed by atoms with van der Waals surface area (Å²) in [6.45, 7) is -0.271. The summed E-state index contributed by atoms with van der Waals surface area (Å²) in [5.74, 6) is -1.07. The molecule has 2 amide bonds. The Morgan fingerprint density at radius 3 is 2.76 bits per heavy atom. The summed E-state index contributed by atoms with van der Waals surface area (Å²) >= 11 is 0. The average Bonchev–Trinajstić information content (AvgIpc) is 2.48. The number of hydrogen-bond acceptors (Lipinski definition) is 4. The summed E-state index contributed by atoms with van der Waals surface area (Å²) < 4.78 is 18.4. The highest BCUT2D eigenvalue weighted by atomic mass is 19.1. The number of amides is 2. The van der Waals surface area contributed by atoms with Crippen LogP contribution in [-0.2, 0) is 14.3 Å². The minimum Gasteiger partial charge on any atom is -0.395 e. The molecule has 114 valence electrons. The van der Waals surface area contributed by atoms with Crippen molar-refractivity contribution >= 4 is 11.8 Å². The fourth-order valence-electron chi connectivity index (χ4n) is 2.27. The van der Waals surface area contributed by atoms with Crippen molar-refractivity contribution in [3.05, 3.63) is 35.6 Å². The summed E-state index contributed by atoms with van der Waals surface area (Å²) in [5, 5.41) is 11.3. The van der Waals surface area contributed by atoms with Crippen LogP contribution in [0.15, 0.2) is 24.3 Å². The molecule has 0 unspecified atom stereocenters. The topological polar surface area (TPSA) is 78.9 Å². The lowest BCUT2D eigenvalue weighted by Crippen LogP contribution is -2.53. The SMILES string of the molecule is CN1C(=O)CO[C@H](C(=O)NCCO)[C@H]1c1ccc(F)cc1. The Labute approximate surface area is 121 Å². The number of aliphatic hydroxyl groups excluding tert-OH is 1. The second-order valence-electron chi connectivity index (χ2n) is 4.75. The van der Waals surface area contributed by atoms with Gasteiger partial charge in [0.15, 0.2) is 6.10 Å². The van der Waals surface area contributed by atoms with E-state index in [1.165, 1.54) is 29.2 Å². The molecule has 0 aromatic heterocycles. The third-order valence-electron chi connectivity index (χ3n) is 3.36. The van der Waals surface area contributed by atoms with Crippen LogP contribution in [0.3, 0.4) is 0 Å². The van der Waals surface area contributed by atoms with E-state index in [1.807, 2.05) is 0 Å². The monoisotopic (exact) mass is 296 g/mol. The molecule has 2 N–H and O–H groups in total. The first-order chi connectivity index (χ1) is 10.0. The van der Waals surface area contributed by atoms with Gasteiger partial charge in [-0.1, -0.05) is 12.1 Å². The number of nitrogens with one attached hydrogen (secondary N) is 1. The largest absolute Gasteiger partial charge is 0.395 e. The first-order valence-corrected chi connectivity index (χ1v) is 6.56. The zero-order chi connectivity index (χ0) is 15.4. The van der Waals surface area contributed by atoms with Gasteiger partial charge < -0.3 is 20.1 Å². The van der Waals surface area contributed by atoms with Crippen molar-refractivity contribution in [2.24, 2.45) is 0 Å². The molecule has 0 saturated carbocycles. The molecule has 2 atom stereocenters. The van der Waals surface area contributed by atoms with Gasteiger partial charge in [-0.05, 0) is 17.7 Å². The van der Waals surface area contributed by atoms with Crippen molar-refractivity contribution < 1.29 is 23.8 Å². The number of rotatable bonds is 4. The Hall–Kier alpha value is -1.99. The average molecular weight is 296 g/mol. The molecule has 0 radical (unpaired) electrons. The first-order valence-electron chi connectivity index (χ1n) is 6.56. The highest BCUT2D eigenvalue weighted by Crippen LogP contribution is 2.29. The Balaban J connectivity index is 2.26. The Bertz CT molecular complexity index is 520. The van der Waals surface area contributed by atoms with Gasteiger partial charge in [0, 0.05) is 13.6 Å². The summed E-state index contributed by atoms with van der Waals surface area (Å²) in [7, 11) is 1.57. The van der Waals surface area contributed by atoms with E-state index in [1.54, 1.807) is 7.05 Å². The molecule has 1 aliphatic rings. The van der Waals surface area contributed by atoms with Crippen LogP contribution in [0.25, 0.3) is 0 Å². The van der Waals surface area contributed by atoms with Gasteiger partial charge >= 0.3 is 0 Å². The maximum atomic E-state index is 13.0. The predicted molar refractivity (Wildman–Crippen MR) is 71.7 cm³/mol. The number of carbonyl (C=O) groups excluding carboxylic acids is 2. The van der Waals surface area contributed by atoms with E-state index in [4.69, 9.17) is 9.84 Å². The highest BCUT2D eigenvalue weighted by Gasteiger charge is 2.39. The molecule has 7 heteroatoms. The molecular formula is C14H17FN2O4. The number of nitrogens with zero attached hydrogens (tertiary/aromatic N) is 1. The van der Waals surface area contributed by atoms with Crippen LogP contribution in [-0.4, -0.2) is 54.7 Å². The third-order valence-corrected chi connectivity index (χ3v) is 3.36. The number of ether oxygens (including phenoxy) is 1. The van der Waals surface area contributed by atoms with Gasteiger partial charge in [0.2, 0.25) is 5.91 Å². The molecule has 0 spiro atoms. The molecule has 1 saturated heterocycles. The number of halogens is 1. The summed E-state index contributed by atoms with van der Waals surface area (Å²) in [5.41, 5.74) is 0.607. The van der Waals surface area contributed by atoms with E-state index in [0.717, 1.165) is 0 Å². The molecule has 1 aliphatic heterocycles. The second kappa shape index (κ2) is 6.64.